The Morgan fingerprint density at radius 3 is 1.24 bits per heavy atom. The molecule has 0 unspecified atom stereocenters. The van der Waals surface area contributed by atoms with Crippen LogP contribution < -0.4 is 5.48 Å². The van der Waals surface area contributed by atoms with Crippen molar-refractivity contribution in [3.63, 3.8) is 0 Å². The van der Waals surface area contributed by atoms with E-state index in [1.165, 1.54) is 89.9 Å². The first kappa shape index (κ1) is 24.9. The molecule has 0 fully saturated rings. The first-order valence-electron chi connectivity index (χ1n) is 11.3. The summed E-state index contributed by atoms with van der Waals surface area (Å²) in [6.45, 7) is 4.69. The number of hydrogen-bond acceptors (Lipinski definition) is 3. The molecule has 25 heavy (non-hydrogen) atoms. The number of aliphatic hydroxyl groups is 1. The third-order valence-electron chi connectivity index (χ3n) is 5.39. The van der Waals surface area contributed by atoms with Gasteiger partial charge < -0.3 is 15.8 Å². The highest BCUT2D eigenvalue weighted by atomic mass is 16.5. The number of nitrogens with one attached hydrogen (secondary N) is 1. The molecule has 0 aromatic carbocycles. The van der Waals surface area contributed by atoms with Gasteiger partial charge in [-0.15, -0.1) is 0 Å². The van der Waals surface area contributed by atoms with E-state index in [1.807, 2.05) is 5.48 Å². The molecule has 0 atom stereocenters. The zero-order chi connectivity index (χ0) is 18.6. The Balaban J connectivity index is 3.66. The maximum atomic E-state index is 10.8. The number of unbranched alkanes of at least 4 members (excludes halogenated alkanes) is 14. The average Bonchev–Trinajstić information content (AvgIpc) is 2.60. The first-order chi connectivity index (χ1) is 12.2. The minimum Gasteiger partial charge on any atom is -0.788 e. The number of hydroxylamine groups is 1. The van der Waals surface area contributed by atoms with Crippen molar-refractivity contribution in [2.45, 2.75) is 135 Å². The maximum absolute atomic E-state index is 10.8. The summed E-state index contributed by atoms with van der Waals surface area (Å²) in [6.07, 6.45) is 21.9. The highest BCUT2D eigenvalue weighted by Crippen LogP contribution is 2.23. The zero-order valence-corrected chi connectivity index (χ0v) is 17.3. The zero-order valence-electron chi connectivity index (χ0n) is 17.3. The van der Waals surface area contributed by atoms with Gasteiger partial charge in [-0.3, -0.25) is 0 Å². The topological polar surface area (TPSA) is 55.3 Å². The quantitative estimate of drug-likeness (QED) is 0.185. The SMILES string of the molecule is CCCCCCCCCCC(O)(CCCCCCCCCC)CN[O-]. The minimum absolute atomic E-state index is 0.194. The van der Waals surface area contributed by atoms with Crippen LogP contribution in [0.1, 0.15) is 129 Å². The summed E-state index contributed by atoms with van der Waals surface area (Å²) >= 11 is 0. The summed E-state index contributed by atoms with van der Waals surface area (Å²) in [7, 11) is 0. The fourth-order valence-electron chi connectivity index (χ4n) is 3.61. The van der Waals surface area contributed by atoms with Gasteiger partial charge in [-0.25, -0.2) is 0 Å². The summed E-state index contributed by atoms with van der Waals surface area (Å²) in [5.41, 5.74) is 1.17. The lowest BCUT2D eigenvalue weighted by atomic mass is 9.89. The summed E-state index contributed by atoms with van der Waals surface area (Å²) in [5, 5.41) is 21.5. The standard InChI is InChI=1S/C22H46NO2/c1-3-5-7-9-11-13-15-17-19-22(24,21-23-25)20-18-16-14-12-10-8-6-4-2/h23-24H,3-21H2,1-2H3/q-1. The van der Waals surface area contributed by atoms with E-state index < -0.39 is 5.60 Å². The van der Waals surface area contributed by atoms with Crippen LogP contribution >= 0.6 is 0 Å². The lowest BCUT2D eigenvalue weighted by Crippen LogP contribution is -2.38. The van der Waals surface area contributed by atoms with Crippen molar-refractivity contribution in [2.75, 3.05) is 6.54 Å². The van der Waals surface area contributed by atoms with Crippen LogP contribution in [0.2, 0.25) is 0 Å². The van der Waals surface area contributed by atoms with Crippen molar-refractivity contribution >= 4 is 0 Å². The molecule has 0 saturated carbocycles. The Kier molecular flexibility index (Phi) is 18.6. The number of rotatable bonds is 20. The van der Waals surface area contributed by atoms with Gasteiger partial charge in [0.2, 0.25) is 0 Å². The monoisotopic (exact) mass is 356 g/mol. The molecule has 0 heterocycles. The molecule has 0 radical (unpaired) electrons. The van der Waals surface area contributed by atoms with Crippen LogP contribution in [0.3, 0.4) is 0 Å². The predicted molar refractivity (Wildman–Crippen MR) is 111 cm³/mol. The van der Waals surface area contributed by atoms with Crippen LogP contribution in [0, 0.1) is 5.21 Å². The molecule has 0 aromatic rings. The third kappa shape index (κ3) is 17.1. The van der Waals surface area contributed by atoms with Crippen molar-refractivity contribution in [3.05, 3.63) is 5.21 Å². The van der Waals surface area contributed by atoms with Gasteiger partial charge in [-0.2, -0.15) is 0 Å². The Labute approximate surface area is 157 Å². The first-order valence-corrected chi connectivity index (χ1v) is 11.3. The van der Waals surface area contributed by atoms with E-state index in [9.17, 15) is 10.3 Å². The maximum Gasteiger partial charge on any atom is 0.0762 e. The molecule has 0 aliphatic carbocycles. The summed E-state index contributed by atoms with van der Waals surface area (Å²) in [5.74, 6) is 0. The van der Waals surface area contributed by atoms with Crippen molar-refractivity contribution in [1.29, 1.82) is 0 Å². The lowest BCUT2D eigenvalue weighted by Gasteiger charge is -2.30. The second-order valence-electron chi connectivity index (χ2n) is 8.00. The van der Waals surface area contributed by atoms with Gasteiger partial charge in [0.05, 0.1) is 5.60 Å². The largest absolute Gasteiger partial charge is 0.788 e. The van der Waals surface area contributed by atoms with Crippen LogP contribution in [0.25, 0.3) is 0 Å². The molecule has 0 spiro atoms. The molecule has 0 saturated heterocycles. The minimum atomic E-state index is -0.786. The molecule has 0 amide bonds. The van der Waals surface area contributed by atoms with E-state index in [0.29, 0.717) is 0 Å². The fourth-order valence-corrected chi connectivity index (χ4v) is 3.61. The van der Waals surface area contributed by atoms with E-state index in [2.05, 4.69) is 13.8 Å². The van der Waals surface area contributed by atoms with Crippen molar-refractivity contribution in [1.82, 2.24) is 5.48 Å². The van der Waals surface area contributed by atoms with E-state index in [0.717, 1.165) is 25.7 Å². The summed E-state index contributed by atoms with van der Waals surface area (Å²) in [4.78, 5) is 0. The molecular formula is C22H46NO2-. The number of hydrogen-bond donors (Lipinski definition) is 2. The molecular weight excluding hydrogens is 310 g/mol. The van der Waals surface area contributed by atoms with Crippen molar-refractivity contribution in [2.24, 2.45) is 0 Å². The summed E-state index contributed by atoms with van der Waals surface area (Å²) < 4.78 is 0. The van der Waals surface area contributed by atoms with Gasteiger partial charge in [0.15, 0.2) is 0 Å². The van der Waals surface area contributed by atoms with Gasteiger partial charge in [0.25, 0.3) is 0 Å². The van der Waals surface area contributed by atoms with Crippen LogP contribution in [-0.4, -0.2) is 17.3 Å². The van der Waals surface area contributed by atoms with Gasteiger partial charge in [0, 0.05) is 6.54 Å². The summed E-state index contributed by atoms with van der Waals surface area (Å²) in [6, 6.07) is 0. The normalized spacial score (nSPS) is 12.0. The third-order valence-corrected chi connectivity index (χ3v) is 5.39. The van der Waals surface area contributed by atoms with Gasteiger partial charge in [-0.05, 0) is 12.8 Å². The van der Waals surface area contributed by atoms with Gasteiger partial charge >= 0.3 is 0 Å². The van der Waals surface area contributed by atoms with Crippen LogP contribution in [-0.2, 0) is 0 Å². The molecule has 0 aliphatic heterocycles. The van der Waals surface area contributed by atoms with Gasteiger partial charge in [0.1, 0.15) is 0 Å². The predicted octanol–water partition coefficient (Wildman–Crippen LogP) is 6.87. The Morgan fingerprint density at radius 1 is 0.600 bits per heavy atom. The lowest BCUT2D eigenvalue weighted by molar-refractivity contribution is 0.0211. The van der Waals surface area contributed by atoms with E-state index in [1.54, 1.807) is 0 Å². The molecule has 3 heteroatoms. The Hall–Kier alpha value is -0.120. The van der Waals surface area contributed by atoms with Gasteiger partial charge in [-0.1, -0.05) is 117 Å². The average molecular weight is 357 g/mol. The second-order valence-corrected chi connectivity index (χ2v) is 8.00. The Morgan fingerprint density at radius 2 is 0.920 bits per heavy atom. The second kappa shape index (κ2) is 18.7. The molecule has 152 valence electrons. The fraction of sp³-hybridized carbons (Fsp3) is 1.00. The molecule has 0 aliphatic rings. The van der Waals surface area contributed by atoms with Crippen molar-refractivity contribution < 1.29 is 5.11 Å². The van der Waals surface area contributed by atoms with Crippen LogP contribution in [0.15, 0.2) is 0 Å². The van der Waals surface area contributed by atoms with Crippen LogP contribution in [0.4, 0.5) is 0 Å². The van der Waals surface area contributed by atoms with Crippen LogP contribution in [0.5, 0.6) is 0 Å². The van der Waals surface area contributed by atoms with E-state index in [-0.39, 0.29) is 6.54 Å². The molecule has 0 bridgehead atoms. The smallest absolute Gasteiger partial charge is 0.0762 e. The molecule has 3 nitrogen and oxygen atoms in total. The highest BCUT2D eigenvalue weighted by Gasteiger charge is 2.23. The van der Waals surface area contributed by atoms with Crippen molar-refractivity contribution in [3.8, 4) is 0 Å². The molecule has 0 aromatic heterocycles. The van der Waals surface area contributed by atoms with E-state index in [4.69, 9.17) is 0 Å². The van der Waals surface area contributed by atoms with E-state index >= 15 is 0 Å². The molecule has 0 rings (SSSR count). The highest BCUT2D eigenvalue weighted by molar-refractivity contribution is 4.81. The molecule has 2 N–H and O–H groups in total. The Bertz CT molecular complexity index is 238.